The maximum absolute atomic E-state index is 12.7. The van der Waals surface area contributed by atoms with E-state index in [9.17, 15) is 20.1 Å². The van der Waals surface area contributed by atoms with Crippen LogP contribution < -0.4 is 0 Å². The van der Waals surface area contributed by atoms with Gasteiger partial charge in [-0.05, 0) is 23.5 Å². The van der Waals surface area contributed by atoms with Crippen LogP contribution in [0.3, 0.4) is 0 Å². The summed E-state index contributed by atoms with van der Waals surface area (Å²) in [5, 5.41) is 30.0. The maximum atomic E-state index is 12.7. The third-order valence-corrected chi connectivity index (χ3v) is 5.65. The second kappa shape index (κ2) is 5.82. The third kappa shape index (κ3) is 2.41. The summed E-state index contributed by atoms with van der Waals surface area (Å²) in [6.45, 7) is 0.577. The van der Waals surface area contributed by atoms with Gasteiger partial charge in [-0.2, -0.15) is 0 Å². The Morgan fingerprint density at radius 1 is 1.28 bits per heavy atom. The summed E-state index contributed by atoms with van der Waals surface area (Å²) in [6.07, 6.45) is 1.99. The normalized spacial score (nSPS) is 30.6. The van der Waals surface area contributed by atoms with Crippen molar-refractivity contribution in [2.24, 2.45) is 11.3 Å². The molecular weight excluding hydrogens is 320 g/mol. The van der Waals surface area contributed by atoms with Gasteiger partial charge in [0.2, 0.25) is 0 Å². The van der Waals surface area contributed by atoms with E-state index >= 15 is 0 Å². The number of aliphatic hydroxyl groups is 2. The second-order valence-corrected chi connectivity index (χ2v) is 6.92. The molecule has 3 N–H and O–H groups in total. The van der Waals surface area contributed by atoms with Crippen molar-refractivity contribution >= 4 is 5.91 Å². The van der Waals surface area contributed by atoms with Crippen molar-refractivity contribution in [1.82, 2.24) is 9.88 Å². The summed E-state index contributed by atoms with van der Waals surface area (Å²) in [5.74, 6) is -0.365. The highest BCUT2D eigenvalue weighted by Gasteiger charge is 2.71. The molecule has 130 valence electrons. The smallest absolute Gasteiger partial charge is 0.255 e. The summed E-state index contributed by atoms with van der Waals surface area (Å²) < 4.78 is 0. The van der Waals surface area contributed by atoms with Crippen molar-refractivity contribution in [3.63, 3.8) is 0 Å². The largest absolute Gasteiger partial charge is 0.506 e. The number of β-amino-alcohol motifs (C(OH)–C–C–N with tert-alkyl or cyclic N) is 1. The molecule has 4 rings (SSSR count). The van der Waals surface area contributed by atoms with Gasteiger partial charge in [0.25, 0.3) is 5.91 Å². The number of aromatic hydroxyl groups is 1. The van der Waals surface area contributed by atoms with Gasteiger partial charge >= 0.3 is 0 Å². The van der Waals surface area contributed by atoms with E-state index in [1.54, 1.807) is 4.90 Å². The zero-order valence-corrected chi connectivity index (χ0v) is 13.6. The molecule has 4 atom stereocenters. The van der Waals surface area contributed by atoms with Crippen LogP contribution >= 0.6 is 0 Å². The van der Waals surface area contributed by atoms with Crippen molar-refractivity contribution in [3.8, 4) is 5.75 Å². The van der Waals surface area contributed by atoms with Gasteiger partial charge in [-0.15, -0.1) is 0 Å². The second-order valence-electron chi connectivity index (χ2n) is 6.92. The molecule has 1 amide bonds. The van der Waals surface area contributed by atoms with Gasteiger partial charge in [-0.25, -0.2) is 0 Å². The number of pyridine rings is 1. The SMILES string of the molecule is O=C(c1cncc(O)c1)N1C[C@@H](O)[C@@]2(C1)[C@H](CO)[C@H]2c1ccccc1. The van der Waals surface area contributed by atoms with Crippen molar-refractivity contribution in [2.75, 3.05) is 19.7 Å². The Morgan fingerprint density at radius 2 is 2.04 bits per heavy atom. The molecule has 2 aliphatic rings. The molecule has 1 aliphatic carbocycles. The monoisotopic (exact) mass is 340 g/mol. The lowest BCUT2D eigenvalue weighted by molar-refractivity contribution is 0.0763. The Hall–Kier alpha value is -2.44. The molecule has 6 heteroatoms. The molecule has 1 aliphatic heterocycles. The van der Waals surface area contributed by atoms with E-state index in [1.165, 1.54) is 18.5 Å². The first-order chi connectivity index (χ1) is 12.1. The van der Waals surface area contributed by atoms with Gasteiger partial charge in [-0.1, -0.05) is 30.3 Å². The van der Waals surface area contributed by atoms with Crippen LogP contribution in [0.2, 0.25) is 0 Å². The third-order valence-electron chi connectivity index (χ3n) is 5.65. The van der Waals surface area contributed by atoms with Gasteiger partial charge in [0, 0.05) is 31.3 Å². The lowest BCUT2D eigenvalue weighted by atomic mass is 9.95. The quantitative estimate of drug-likeness (QED) is 0.775. The number of aliphatic hydroxyl groups excluding tert-OH is 2. The number of aromatic nitrogens is 1. The number of carbonyl (C=O) groups is 1. The summed E-state index contributed by atoms with van der Waals surface area (Å²) >= 11 is 0. The first-order valence-corrected chi connectivity index (χ1v) is 8.35. The zero-order chi connectivity index (χ0) is 17.6. The van der Waals surface area contributed by atoms with E-state index in [1.807, 2.05) is 30.3 Å². The molecular formula is C19H20N2O4. The van der Waals surface area contributed by atoms with Crippen LogP contribution in [0.4, 0.5) is 0 Å². The van der Waals surface area contributed by atoms with Crippen LogP contribution in [0, 0.1) is 11.3 Å². The molecule has 0 bridgehead atoms. The number of amides is 1. The molecule has 2 aromatic rings. The molecule has 1 saturated carbocycles. The molecule has 0 radical (unpaired) electrons. The molecule has 1 saturated heterocycles. The fraction of sp³-hybridized carbons (Fsp3) is 0.368. The van der Waals surface area contributed by atoms with E-state index in [2.05, 4.69) is 4.98 Å². The molecule has 1 aromatic heterocycles. The minimum atomic E-state index is -0.691. The fourth-order valence-electron chi connectivity index (χ4n) is 4.45. The lowest BCUT2D eigenvalue weighted by Crippen LogP contribution is -2.29. The first kappa shape index (κ1) is 16.1. The standard InChI is InChI=1S/C19H20N2O4/c22-10-15-17(12-4-2-1-3-5-12)19(15)11-21(9-16(19)24)18(25)13-6-14(23)8-20-7-13/h1-8,15-17,22-24H,9-11H2/t15-,16-,17-,19-/m1/s1. The number of nitrogens with zero attached hydrogens (tertiary/aromatic N) is 2. The predicted octanol–water partition coefficient (Wildman–Crippen LogP) is 0.996. The highest BCUT2D eigenvalue weighted by Crippen LogP contribution is 2.68. The molecule has 2 fully saturated rings. The number of benzene rings is 1. The molecule has 2 heterocycles. The number of rotatable bonds is 3. The van der Waals surface area contributed by atoms with Crippen LogP contribution in [0.5, 0.6) is 5.75 Å². The summed E-state index contributed by atoms with van der Waals surface area (Å²) in [6, 6.07) is 11.2. The Bertz CT molecular complexity index is 797. The van der Waals surface area contributed by atoms with E-state index in [-0.39, 0.29) is 36.6 Å². The number of likely N-dealkylation sites (tertiary alicyclic amines) is 1. The van der Waals surface area contributed by atoms with Crippen molar-refractivity contribution in [3.05, 3.63) is 59.9 Å². The lowest BCUT2D eigenvalue weighted by Gasteiger charge is -2.16. The zero-order valence-electron chi connectivity index (χ0n) is 13.6. The van der Waals surface area contributed by atoms with E-state index < -0.39 is 11.5 Å². The number of hydrogen-bond donors (Lipinski definition) is 3. The average Bonchev–Trinajstić information content (AvgIpc) is 3.16. The maximum Gasteiger partial charge on any atom is 0.255 e. The fourth-order valence-corrected chi connectivity index (χ4v) is 4.45. The Balaban J connectivity index is 1.60. The molecule has 1 spiro atoms. The molecule has 25 heavy (non-hydrogen) atoms. The van der Waals surface area contributed by atoms with Crippen molar-refractivity contribution < 1.29 is 20.1 Å². The van der Waals surface area contributed by atoms with Crippen molar-refractivity contribution in [2.45, 2.75) is 12.0 Å². The highest BCUT2D eigenvalue weighted by molar-refractivity contribution is 5.94. The van der Waals surface area contributed by atoms with Crippen LogP contribution in [-0.2, 0) is 0 Å². The van der Waals surface area contributed by atoms with Gasteiger partial charge < -0.3 is 20.2 Å². The topological polar surface area (TPSA) is 93.9 Å². The van der Waals surface area contributed by atoms with E-state index in [4.69, 9.17) is 0 Å². The summed E-state index contributed by atoms with van der Waals surface area (Å²) in [4.78, 5) is 18.1. The first-order valence-electron chi connectivity index (χ1n) is 8.35. The van der Waals surface area contributed by atoms with Crippen LogP contribution in [0.25, 0.3) is 0 Å². The average molecular weight is 340 g/mol. The summed E-state index contributed by atoms with van der Waals surface area (Å²) in [7, 11) is 0. The van der Waals surface area contributed by atoms with E-state index in [0.717, 1.165) is 5.56 Å². The van der Waals surface area contributed by atoms with Crippen LogP contribution in [0.15, 0.2) is 48.8 Å². The number of carbonyl (C=O) groups excluding carboxylic acids is 1. The Morgan fingerprint density at radius 3 is 2.72 bits per heavy atom. The minimum absolute atomic E-state index is 0.0215. The Labute approximate surface area is 145 Å². The number of hydrogen-bond acceptors (Lipinski definition) is 5. The van der Waals surface area contributed by atoms with Gasteiger partial charge in [0.1, 0.15) is 5.75 Å². The van der Waals surface area contributed by atoms with Gasteiger partial charge in [0.15, 0.2) is 0 Å². The Kier molecular flexibility index (Phi) is 3.74. The van der Waals surface area contributed by atoms with Crippen molar-refractivity contribution in [1.29, 1.82) is 0 Å². The van der Waals surface area contributed by atoms with Gasteiger partial charge in [0.05, 0.1) is 17.9 Å². The van der Waals surface area contributed by atoms with E-state index in [0.29, 0.717) is 12.1 Å². The minimum Gasteiger partial charge on any atom is -0.506 e. The molecule has 6 nitrogen and oxygen atoms in total. The van der Waals surface area contributed by atoms with Crippen LogP contribution in [-0.4, -0.2) is 56.9 Å². The molecule has 1 aromatic carbocycles. The van der Waals surface area contributed by atoms with Crippen LogP contribution in [0.1, 0.15) is 21.8 Å². The molecule has 0 unspecified atom stereocenters. The predicted molar refractivity (Wildman–Crippen MR) is 90.0 cm³/mol. The highest BCUT2D eigenvalue weighted by atomic mass is 16.3. The summed E-state index contributed by atoms with van der Waals surface area (Å²) in [5.41, 5.74) is 0.867. The van der Waals surface area contributed by atoms with Gasteiger partial charge in [-0.3, -0.25) is 9.78 Å².